The zero-order valence-corrected chi connectivity index (χ0v) is 17.1. The Balaban J connectivity index is 1.94. The highest BCUT2D eigenvalue weighted by molar-refractivity contribution is 5.95. The van der Waals surface area contributed by atoms with Crippen LogP contribution in [0.1, 0.15) is 39.5 Å². The number of carbonyl (C=O) groups is 1. The van der Waals surface area contributed by atoms with Gasteiger partial charge in [-0.15, -0.1) is 0 Å². The first kappa shape index (κ1) is 20.5. The summed E-state index contributed by atoms with van der Waals surface area (Å²) in [6.07, 6.45) is 0.667. The van der Waals surface area contributed by atoms with Gasteiger partial charge < -0.3 is 14.2 Å². The molecule has 0 aromatic heterocycles. The molecule has 29 heavy (non-hydrogen) atoms. The second-order valence-corrected chi connectivity index (χ2v) is 6.75. The lowest BCUT2D eigenvalue weighted by Gasteiger charge is -2.19. The van der Waals surface area contributed by atoms with Gasteiger partial charge in [-0.3, -0.25) is 0 Å². The van der Waals surface area contributed by atoms with Crippen molar-refractivity contribution in [1.29, 1.82) is 0 Å². The lowest BCUT2D eigenvalue weighted by molar-refractivity contribution is 0.0594. The van der Waals surface area contributed by atoms with Crippen molar-refractivity contribution in [2.45, 2.75) is 33.5 Å². The number of hydrogen-bond acceptors (Lipinski definition) is 4. The fourth-order valence-corrected chi connectivity index (χ4v) is 3.29. The molecule has 0 radical (unpaired) electrons. The first-order chi connectivity index (χ1) is 14.1. The smallest absolute Gasteiger partial charge is 0.341 e. The Hall–Kier alpha value is -3.27. The highest BCUT2D eigenvalue weighted by Gasteiger charge is 2.23. The third-order valence-corrected chi connectivity index (χ3v) is 4.85. The molecule has 0 saturated heterocycles. The Morgan fingerprint density at radius 3 is 1.83 bits per heavy atom. The number of carbonyl (C=O) groups excluding carboxylic acids is 1. The molecular formula is C25H26O4. The standard InChI is InChI=1S/C25H26O4/c1-4-21-18(2)22(28-16-19-11-7-5-8-12-19)15-23(24(21)25(26)27-3)29-17-20-13-9-6-10-14-20/h5-15H,4,16-17H2,1-3H3. The van der Waals surface area contributed by atoms with Gasteiger partial charge in [-0.2, -0.15) is 0 Å². The molecule has 3 rings (SSSR count). The van der Waals surface area contributed by atoms with Crippen LogP contribution in [0.4, 0.5) is 0 Å². The molecule has 4 nitrogen and oxygen atoms in total. The van der Waals surface area contributed by atoms with E-state index >= 15 is 0 Å². The van der Waals surface area contributed by atoms with E-state index in [1.54, 1.807) is 6.07 Å². The van der Waals surface area contributed by atoms with Gasteiger partial charge in [0.15, 0.2) is 0 Å². The zero-order chi connectivity index (χ0) is 20.6. The lowest BCUT2D eigenvalue weighted by Crippen LogP contribution is -2.12. The maximum atomic E-state index is 12.5. The van der Waals surface area contributed by atoms with Crippen molar-refractivity contribution in [1.82, 2.24) is 0 Å². The van der Waals surface area contributed by atoms with Crippen molar-refractivity contribution in [3.63, 3.8) is 0 Å². The first-order valence-electron chi connectivity index (χ1n) is 9.72. The zero-order valence-electron chi connectivity index (χ0n) is 17.1. The van der Waals surface area contributed by atoms with E-state index in [1.807, 2.05) is 74.5 Å². The number of ether oxygens (including phenoxy) is 3. The van der Waals surface area contributed by atoms with Crippen LogP contribution in [0.3, 0.4) is 0 Å². The van der Waals surface area contributed by atoms with Crippen LogP contribution in [0.15, 0.2) is 66.7 Å². The van der Waals surface area contributed by atoms with E-state index in [0.29, 0.717) is 36.7 Å². The summed E-state index contributed by atoms with van der Waals surface area (Å²) < 4.78 is 17.2. The number of rotatable bonds is 8. The predicted molar refractivity (Wildman–Crippen MR) is 113 cm³/mol. The van der Waals surface area contributed by atoms with Crippen LogP contribution in [0, 0.1) is 6.92 Å². The Morgan fingerprint density at radius 2 is 1.34 bits per heavy atom. The van der Waals surface area contributed by atoms with Gasteiger partial charge >= 0.3 is 5.97 Å². The molecular weight excluding hydrogens is 364 g/mol. The van der Waals surface area contributed by atoms with E-state index in [9.17, 15) is 4.79 Å². The third-order valence-electron chi connectivity index (χ3n) is 4.85. The molecule has 4 heteroatoms. The fraction of sp³-hybridized carbons (Fsp3) is 0.240. The maximum Gasteiger partial charge on any atom is 0.341 e. The van der Waals surface area contributed by atoms with Gasteiger partial charge in [-0.1, -0.05) is 67.6 Å². The van der Waals surface area contributed by atoms with Crippen LogP contribution in [0.25, 0.3) is 0 Å². The Kier molecular flexibility index (Phi) is 6.90. The first-order valence-corrected chi connectivity index (χ1v) is 9.72. The van der Waals surface area contributed by atoms with Crippen LogP contribution in [0.5, 0.6) is 11.5 Å². The van der Waals surface area contributed by atoms with E-state index in [2.05, 4.69) is 0 Å². The Morgan fingerprint density at radius 1 is 0.828 bits per heavy atom. The van der Waals surface area contributed by atoms with Gasteiger partial charge in [0.1, 0.15) is 30.3 Å². The van der Waals surface area contributed by atoms with Gasteiger partial charge in [0, 0.05) is 6.07 Å². The summed E-state index contributed by atoms with van der Waals surface area (Å²) in [5.74, 6) is 0.787. The summed E-state index contributed by atoms with van der Waals surface area (Å²) in [6.45, 7) is 4.78. The fourth-order valence-electron chi connectivity index (χ4n) is 3.29. The van der Waals surface area contributed by atoms with Gasteiger partial charge in [-0.05, 0) is 35.6 Å². The van der Waals surface area contributed by atoms with Gasteiger partial charge in [-0.25, -0.2) is 4.79 Å². The van der Waals surface area contributed by atoms with Crippen LogP contribution < -0.4 is 9.47 Å². The van der Waals surface area contributed by atoms with Crippen molar-refractivity contribution in [2.24, 2.45) is 0 Å². The van der Waals surface area contributed by atoms with E-state index in [4.69, 9.17) is 14.2 Å². The van der Waals surface area contributed by atoms with E-state index in [-0.39, 0.29) is 0 Å². The number of methoxy groups -OCH3 is 1. The van der Waals surface area contributed by atoms with Crippen molar-refractivity contribution in [3.05, 3.63) is 94.5 Å². The second-order valence-electron chi connectivity index (χ2n) is 6.75. The minimum atomic E-state index is -0.400. The summed E-state index contributed by atoms with van der Waals surface area (Å²) in [5, 5.41) is 0. The minimum Gasteiger partial charge on any atom is -0.488 e. The van der Waals surface area contributed by atoms with Crippen molar-refractivity contribution in [3.8, 4) is 11.5 Å². The third kappa shape index (κ3) is 4.96. The summed E-state index contributed by atoms with van der Waals surface area (Å²) >= 11 is 0. The molecule has 3 aromatic carbocycles. The Bertz CT molecular complexity index is 950. The average Bonchev–Trinajstić information content (AvgIpc) is 2.77. The molecule has 0 unspecified atom stereocenters. The SMILES string of the molecule is CCc1c(C)c(OCc2ccccc2)cc(OCc2ccccc2)c1C(=O)OC. The molecule has 0 aliphatic rings. The number of esters is 1. The highest BCUT2D eigenvalue weighted by atomic mass is 16.5. The van der Waals surface area contributed by atoms with E-state index in [1.165, 1.54) is 7.11 Å². The number of hydrogen-bond donors (Lipinski definition) is 0. The van der Waals surface area contributed by atoms with Crippen LogP contribution in [-0.4, -0.2) is 13.1 Å². The molecule has 150 valence electrons. The second kappa shape index (κ2) is 9.78. The number of benzene rings is 3. The van der Waals surface area contributed by atoms with Crippen LogP contribution in [0.2, 0.25) is 0 Å². The maximum absolute atomic E-state index is 12.5. The largest absolute Gasteiger partial charge is 0.488 e. The summed E-state index contributed by atoms with van der Waals surface area (Å²) in [4.78, 5) is 12.5. The van der Waals surface area contributed by atoms with E-state index in [0.717, 1.165) is 22.3 Å². The van der Waals surface area contributed by atoms with Crippen molar-refractivity contribution < 1.29 is 19.0 Å². The molecule has 3 aromatic rings. The average molecular weight is 390 g/mol. The molecule has 0 aliphatic heterocycles. The molecule has 0 aliphatic carbocycles. The lowest BCUT2D eigenvalue weighted by atomic mass is 9.97. The van der Waals surface area contributed by atoms with E-state index < -0.39 is 5.97 Å². The quantitative estimate of drug-likeness (QED) is 0.476. The molecule has 0 heterocycles. The molecule has 0 spiro atoms. The summed E-state index contributed by atoms with van der Waals surface area (Å²) in [6, 6.07) is 21.6. The minimum absolute atomic E-state index is 0.356. The Labute approximate surface area is 172 Å². The van der Waals surface area contributed by atoms with Crippen LogP contribution in [-0.2, 0) is 24.4 Å². The van der Waals surface area contributed by atoms with Gasteiger partial charge in [0.05, 0.1) is 7.11 Å². The topological polar surface area (TPSA) is 44.8 Å². The molecule has 0 saturated carbocycles. The van der Waals surface area contributed by atoms with Gasteiger partial charge in [0.25, 0.3) is 0 Å². The molecule has 0 atom stereocenters. The highest BCUT2D eigenvalue weighted by Crippen LogP contribution is 2.35. The monoisotopic (exact) mass is 390 g/mol. The van der Waals surface area contributed by atoms with Crippen LogP contribution >= 0.6 is 0 Å². The molecule has 0 amide bonds. The summed E-state index contributed by atoms with van der Waals surface area (Å²) in [7, 11) is 1.39. The predicted octanol–water partition coefficient (Wildman–Crippen LogP) is 5.50. The molecule has 0 N–H and O–H groups in total. The molecule has 0 fully saturated rings. The van der Waals surface area contributed by atoms with Crippen molar-refractivity contribution >= 4 is 5.97 Å². The summed E-state index contributed by atoms with van der Waals surface area (Å²) in [5.41, 5.74) is 4.37. The van der Waals surface area contributed by atoms with Crippen molar-refractivity contribution in [2.75, 3.05) is 7.11 Å². The molecule has 0 bridgehead atoms. The normalized spacial score (nSPS) is 10.4. The van der Waals surface area contributed by atoms with Gasteiger partial charge in [0.2, 0.25) is 0 Å².